The lowest BCUT2D eigenvalue weighted by Gasteiger charge is -1.91. The minimum atomic E-state index is -0.660. The van der Waals surface area contributed by atoms with Gasteiger partial charge in [-0.25, -0.2) is 4.98 Å². The predicted octanol–water partition coefficient (Wildman–Crippen LogP) is 1.86. The number of rotatable bonds is 0. The average Bonchev–Trinajstić information content (AvgIpc) is 1.94. The maximum atomic E-state index is 12.5. The molecule has 0 bridgehead atoms. The molecule has 1 aromatic rings. The third-order valence-electron chi connectivity index (χ3n) is 0.961. The maximum absolute atomic E-state index is 12.5. The zero-order chi connectivity index (χ0) is 7.56. The van der Waals surface area contributed by atoms with Crippen LogP contribution in [0.1, 0.15) is 5.56 Å². The molecule has 1 rings (SSSR count). The molecular weight excluding hydrogens is 153 g/mol. The largest absolute Gasteiger partial charge is 0.228 e. The first-order valence-electron chi connectivity index (χ1n) is 2.51. The molecule has 3 heteroatoms. The summed E-state index contributed by atoms with van der Waals surface area (Å²) in [5, 5.41) is 0.342. The first-order chi connectivity index (χ1) is 4.74. The van der Waals surface area contributed by atoms with Crippen molar-refractivity contribution in [3.05, 3.63) is 28.8 Å². The van der Waals surface area contributed by atoms with E-state index in [4.69, 9.17) is 18.0 Å². The van der Waals surface area contributed by atoms with Gasteiger partial charge in [0.2, 0.25) is 5.95 Å². The van der Waals surface area contributed by atoms with Crippen LogP contribution < -0.4 is 0 Å². The number of terminal acetylenes is 1. The third kappa shape index (κ3) is 1.26. The normalized spacial score (nSPS) is 8.90. The Kier molecular flexibility index (Phi) is 1.88. The fraction of sp³-hybridized carbons (Fsp3) is 0. The average molecular weight is 156 g/mol. The summed E-state index contributed by atoms with van der Waals surface area (Å²) in [5.74, 6) is 1.45. The van der Waals surface area contributed by atoms with E-state index in [9.17, 15) is 4.39 Å². The summed E-state index contributed by atoms with van der Waals surface area (Å²) in [5.41, 5.74) is 0.0903. The summed E-state index contributed by atoms with van der Waals surface area (Å²) < 4.78 is 12.5. The summed E-state index contributed by atoms with van der Waals surface area (Å²) in [6, 6.07) is 1.35. The SMILES string of the molecule is C#Cc1cc(Cl)cnc1F. The first-order valence-corrected chi connectivity index (χ1v) is 2.89. The van der Waals surface area contributed by atoms with Crippen LogP contribution in [0.15, 0.2) is 12.3 Å². The lowest BCUT2D eigenvalue weighted by Crippen LogP contribution is -1.86. The second-order valence-corrected chi connectivity index (χ2v) is 2.07. The van der Waals surface area contributed by atoms with Crippen LogP contribution in [0, 0.1) is 18.3 Å². The zero-order valence-corrected chi connectivity index (χ0v) is 5.69. The fourth-order valence-corrected chi connectivity index (χ4v) is 0.682. The van der Waals surface area contributed by atoms with Gasteiger partial charge in [0.25, 0.3) is 0 Å². The van der Waals surface area contributed by atoms with Gasteiger partial charge in [-0.05, 0) is 6.07 Å². The van der Waals surface area contributed by atoms with E-state index in [0.29, 0.717) is 5.02 Å². The van der Waals surface area contributed by atoms with E-state index in [2.05, 4.69) is 10.9 Å². The van der Waals surface area contributed by atoms with Crippen molar-refractivity contribution in [3.63, 3.8) is 0 Å². The van der Waals surface area contributed by atoms with Crippen molar-refractivity contribution in [2.75, 3.05) is 0 Å². The lowest BCUT2D eigenvalue weighted by molar-refractivity contribution is 0.580. The van der Waals surface area contributed by atoms with Crippen molar-refractivity contribution in [3.8, 4) is 12.3 Å². The summed E-state index contributed by atoms with van der Waals surface area (Å²) in [4.78, 5) is 3.31. The minimum Gasteiger partial charge on any atom is -0.226 e. The summed E-state index contributed by atoms with van der Waals surface area (Å²) in [6.07, 6.45) is 6.14. The van der Waals surface area contributed by atoms with Crippen LogP contribution in [0.3, 0.4) is 0 Å². The quantitative estimate of drug-likeness (QED) is 0.412. The van der Waals surface area contributed by atoms with Gasteiger partial charge >= 0.3 is 0 Å². The van der Waals surface area contributed by atoms with Crippen LogP contribution in [0.25, 0.3) is 0 Å². The van der Waals surface area contributed by atoms with Crippen LogP contribution >= 0.6 is 11.6 Å². The van der Waals surface area contributed by atoms with Crippen molar-refractivity contribution in [1.29, 1.82) is 0 Å². The number of aromatic nitrogens is 1. The topological polar surface area (TPSA) is 12.9 Å². The van der Waals surface area contributed by atoms with Crippen LogP contribution in [0.2, 0.25) is 5.02 Å². The highest BCUT2D eigenvalue weighted by Gasteiger charge is 1.99. The van der Waals surface area contributed by atoms with Crippen molar-refractivity contribution in [2.45, 2.75) is 0 Å². The van der Waals surface area contributed by atoms with Gasteiger partial charge in [-0.2, -0.15) is 4.39 Å². The van der Waals surface area contributed by atoms with Crippen LogP contribution in [0.4, 0.5) is 4.39 Å². The van der Waals surface area contributed by atoms with Gasteiger partial charge in [0.1, 0.15) is 0 Å². The molecule has 0 unspecified atom stereocenters. The van der Waals surface area contributed by atoms with Gasteiger partial charge < -0.3 is 0 Å². The molecule has 1 nitrogen and oxygen atoms in total. The highest BCUT2D eigenvalue weighted by Crippen LogP contribution is 2.10. The first kappa shape index (κ1) is 7.04. The second kappa shape index (κ2) is 2.68. The van der Waals surface area contributed by atoms with E-state index >= 15 is 0 Å². The van der Waals surface area contributed by atoms with Crippen LogP contribution in [0.5, 0.6) is 0 Å². The van der Waals surface area contributed by atoms with Crippen molar-refractivity contribution >= 4 is 11.6 Å². The van der Waals surface area contributed by atoms with Crippen molar-refractivity contribution in [1.82, 2.24) is 4.98 Å². The van der Waals surface area contributed by atoms with E-state index in [-0.39, 0.29) is 5.56 Å². The van der Waals surface area contributed by atoms with Gasteiger partial charge in [-0.3, -0.25) is 0 Å². The predicted molar refractivity (Wildman–Crippen MR) is 37.1 cm³/mol. The van der Waals surface area contributed by atoms with Gasteiger partial charge in [0, 0.05) is 6.20 Å². The van der Waals surface area contributed by atoms with Crippen LogP contribution in [-0.4, -0.2) is 4.98 Å². The molecule has 0 aliphatic heterocycles. The highest BCUT2D eigenvalue weighted by molar-refractivity contribution is 6.30. The molecule has 1 aromatic heterocycles. The Hall–Kier alpha value is -1.07. The number of pyridine rings is 1. The van der Waals surface area contributed by atoms with Crippen molar-refractivity contribution < 1.29 is 4.39 Å². The van der Waals surface area contributed by atoms with Gasteiger partial charge in [0.05, 0.1) is 10.6 Å². The molecule has 50 valence electrons. The number of hydrogen-bond donors (Lipinski definition) is 0. The standard InChI is InChI=1S/C7H3ClFN/c1-2-5-3-6(8)4-10-7(5)9/h1,3-4H. The minimum absolute atomic E-state index is 0.0903. The Labute approximate surface area is 62.8 Å². The lowest BCUT2D eigenvalue weighted by atomic mass is 10.3. The molecule has 0 aromatic carbocycles. The van der Waals surface area contributed by atoms with Gasteiger partial charge in [0.15, 0.2) is 0 Å². The van der Waals surface area contributed by atoms with Gasteiger partial charge in [-0.15, -0.1) is 6.42 Å². The fourth-order valence-electron chi connectivity index (χ4n) is 0.524. The van der Waals surface area contributed by atoms with E-state index in [1.165, 1.54) is 12.3 Å². The second-order valence-electron chi connectivity index (χ2n) is 1.64. The van der Waals surface area contributed by atoms with E-state index in [0.717, 1.165) is 0 Å². The summed E-state index contributed by atoms with van der Waals surface area (Å²) in [6.45, 7) is 0. The number of hydrogen-bond acceptors (Lipinski definition) is 1. The Bertz CT molecular complexity index is 290. The molecule has 0 aliphatic rings. The van der Waals surface area contributed by atoms with Crippen LogP contribution in [-0.2, 0) is 0 Å². The third-order valence-corrected chi connectivity index (χ3v) is 1.17. The molecule has 0 N–H and O–H groups in total. The molecule has 0 radical (unpaired) electrons. The number of nitrogens with zero attached hydrogens (tertiary/aromatic N) is 1. The Morgan fingerprint density at radius 1 is 1.70 bits per heavy atom. The Morgan fingerprint density at radius 3 is 2.90 bits per heavy atom. The zero-order valence-electron chi connectivity index (χ0n) is 4.94. The van der Waals surface area contributed by atoms with E-state index < -0.39 is 5.95 Å². The molecule has 0 amide bonds. The molecule has 0 atom stereocenters. The Balaban J connectivity index is 3.25. The molecular formula is C7H3ClFN. The summed E-state index contributed by atoms with van der Waals surface area (Å²) >= 11 is 5.47. The molecule has 0 fully saturated rings. The molecule has 1 heterocycles. The maximum Gasteiger partial charge on any atom is 0.228 e. The molecule has 0 aliphatic carbocycles. The molecule has 0 spiro atoms. The van der Waals surface area contributed by atoms with E-state index in [1.807, 2.05) is 0 Å². The van der Waals surface area contributed by atoms with Crippen molar-refractivity contribution in [2.24, 2.45) is 0 Å². The molecule has 0 saturated carbocycles. The monoisotopic (exact) mass is 155 g/mol. The van der Waals surface area contributed by atoms with Gasteiger partial charge in [-0.1, -0.05) is 17.5 Å². The smallest absolute Gasteiger partial charge is 0.226 e. The molecule has 0 saturated heterocycles. The molecule has 10 heavy (non-hydrogen) atoms. The van der Waals surface area contributed by atoms with E-state index in [1.54, 1.807) is 0 Å². The Morgan fingerprint density at radius 2 is 2.40 bits per heavy atom. The summed E-state index contributed by atoms with van der Waals surface area (Å²) in [7, 11) is 0. The highest BCUT2D eigenvalue weighted by atomic mass is 35.5. The number of halogens is 2.